The van der Waals surface area contributed by atoms with Crippen LogP contribution in [0, 0.1) is 16.0 Å². The lowest BCUT2D eigenvalue weighted by Gasteiger charge is -2.14. The highest BCUT2D eigenvalue weighted by atomic mass is 16.6. The van der Waals surface area contributed by atoms with Crippen LogP contribution in [0.25, 0.3) is 0 Å². The molecule has 0 saturated heterocycles. The number of nitro benzene ring substituents is 1. The van der Waals surface area contributed by atoms with Crippen molar-refractivity contribution in [3.05, 3.63) is 70.3 Å². The third-order valence-electron chi connectivity index (χ3n) is 3.86. The van der Waals surface area contributed by atoms with Crippen molar-refractivity contribution in [3.63, 3.8) is 0 Å². The largest absolute Gasteiger partial charge is 0.272 e. The Labute approximate surface area is 133 Å². The van der Waals surface area contributed by atoms with Gasteiger partial charge in [0, 0.05) is 17.8 Å². The summed E-state index contributed by atoms with van der Waals surface area (Å²) in [7, 11) is 0. The zero-order chi connectivity index (χ0) is 16.4. The number of nitrogens with zero attached hydrogens (tertiary/aromatic N) is 3. The molecule has 1 amide bonds. The zero-order valence-corrected chi connectivity index (χ0v) is 12.5. The minimum absolute atomic E-state index is 0.0121. The molecule has 6 nitrogen and oxygen atoms in total. The number of benzene rings is 2. The fourth-order valence-electron chi connectivity index (χ4n) is 2.59. The first-order valence-electron chi connectivity index (χ1n) is 7.23. The van der Waals surface area contributed by atoms with Gasteiger partial charge in [0.1, 0.15) is 0 Å². The van der Waals surface area contributed by atoms with Gasteiger partial charge in [-0.3, -0.25) is 14.9 Å². The lowest BCUT2D eigenvalue weighted by molar-refractivity contribution is -0.384. The molecule has 6 heteroatoms. The van der Waals surface area contributed by atoms with E-state index < -0.39 is 4.92 Å². The van der Waals surface area contributed by atoms with Gasteiger partial charge in [-0.05, 0) is 31.0 Å². The second-order valence-corrected chi connectivity index (χ2v) is 5.41. The molecule has 0 radical (unpaired) electrons. The van der Waals surface area contributed by atoms with Crippen molar-refractivity contribution in [3.8, 4) is 0 Å². The molecule has 2 aromatic rings. The van der Waals surface area contributed by atoms with Crippen LogP contribution in [-0.2, 0) is 11.2 Å². The summed E-state index contributed by atoms with van der Waals surface area (Å²) in [6, 6.07) is 15.6. The average molecular weight is 309 g/mol. The predicted octanol–water partition coefficient (Wildman–Crippen LogP) is 3.18. The molecule has 0 spiro atoms. The van der Waals surface area contributed by atoms with Gasteiger partial charge in [-0.25, -0.2) is 5.01 Å². The maximum Gasteiger partial charge on any atom is 0.269 e. The van der Waals surface area contributed by atoms with Crippen LogP contribution in [0.1, 0.15) is 12.5 Å². The number of non-ortho nitro benzene ring substituents is 1. The van der Waals surface area contributed by atoms with Gasteiger partial charge in [0.25, 0.3) is 11.6 Å². The molecule has 1 aliphatic heterocycles. The Morgan fingerprint density at radius 2 is 1.78 bits per heavy atom. The number of carbonyl (C=O) groups is 1. The van der Waals surface area contributed by atoms with Gasteiger partial charge in [-0.2, -0.15) is 5.10 Å². The Morgan fingerprint density at radius 3 is 2.39 bits per heavy atom. The SMILES string of the molecule is CC1=NN(c2ccc([N+](=O)[O-])cc2)C(=O)C1Cc1ccccc1. The highest BCUT2D eigenvalue weighted by Gasteiger charge is 2.34. The van der Waals surface area contributed by atoms with Gasteiger partial charge < -0.3 is 0 Å². The molecule has 23 heavy (non-hydrogen) atoms. The van der Waals surface area contributed by atoms with E-state index in [2.05, 4.69) is 5.10 Å². The molecule has 116 valence electrons. The molecular weight excluding hydrogens is 294 g/mol. The zero-order valence-electron chi connectivity index (χ0n) is 12.5. The summed E-state index contributed by atoms with van der Waals surface area (Å²) < 4.78 is 0. The second kappa shape index (κ2) is 6.00. The van der Waals surface area contributed by atoms with Gasteiger partial charge in [0.05, 0.1) is 16.5 Å². The van der Waals surface area contributed by atoms with E-state index in [1.807, 2.05) is 37.3 Å². The highest BCUT2D eigenvalue weighted by molar-refractivity contribution is 6.14. The van der Waals surface area contributed by atoms with E-state index in [0.717, 1.165) is 11.3 Å². The van der Waals surface area contributed by atoms with Crippen molar-refractivity contribution < 1.29 is 9.72 Å². The molecule has 1 unspecified atom stereocenters. The Hall–Kier alpha value is -3.02. The van der Waals surface area contributed by atoms with Crippen LogP contribution in [0.5, 0.6) is 0 Å². The number of hydrazone groups is 1. The number of nitro groups is 1. The van der Waals surface area contributed by atoms with E-state index in [0.29, 0.717) is 12.1 Å². The van der Waals surface area contributed by atoms with Crippen molar-refractivity contribution in [2.45, 2.75) is 13.3 Å². The Bertz CT molecular complexity index is 769. The Morgan fingerprint density at radius 1 is 1.13 bits per heavy atom. The summed E-state index contributed by atoms with van der Waals surface area (Å²) in [5.41, 5.74) is 2.35. The summed E-state index contributed by atoms with van der Waals surface area (Å²) in [5.74, 6) is -0.409. The van der Waals surface area contributed by atoms with Crippen molar-refractivity contribution >= 4 is 23.0 Å². The van der Waals surface area contributed by atoms with Crippen LogP contribution >= 0.6 is 0 Å². The smallest absolute Gasteiger partial charge is 0.269 e. The van der Waals surface area contributed by atoms with Crippen molar-refractivity contribution in [1.29, 1.82) is 0 Å². The standard InChI is InChI=1S/C17H15N3O3/c1-12-16(11-13-5-3-2-4-6-13)17(21)19(18-12)14-7-9-15(10-8-14)20(22)23/h2-10,16H,11H2,1H3. The Balaban J connectivity index is 1.80. The lowest BCUT2D eigenvalue weighted by atomic mass is 9.95. The van der Waals surface area contributed by atoms with Gasteiger partial charge in [0.2, 0.25) is 0 Å². The third-order valence-corrected chi connectivity index (χ3v) is 3.86. The number of hydrogen-bond donors (Lipinski definition) is 0. The molecule has 1 atom stereocenters. The summed E-state index contributed by atoms with van der Waals surface area (Å²) in [6.07, 6.45) is 0.596. The van der Waals surface area contributed by atoms with Crippen molar-refractivity contribution in [2.24, 2.45) is 11.0 Å². The number of anilines is 1. The van der Waals surface area contributed by atoms with Crippen LogP contribution in [0.2, 0.25) is 0 Å². The molecule has 0 bridgehead atoms. The maximum atomic E-state index is 12.6. The summed E-state index contributed by atoms with van der Waals surface area (Å²) >= 11 is 0. The van der Waals surface area contributed by atoms with Gasteiger partial charge >= 0.3 is 0 Å². The lowest BCUT2D eigenvalue weighted by Crippen LogP contribution is -2.28. The van der Waals surface area contributed by atoms with Crippen LogP contribution < -0.4 is 5.01 Å². The van der Waals surface area contributed by atoms with Crippen LogP contribution in [0.3, 0.4) is 0 Å². The molecular formula is C17H15N3O3. The fraction of sp³-hybridized carbons (Fsp3) is 0.176. The molecule has 1 heterocycles. The summed E-state index contributed by atoms with van der Waals surface area (Å²) in [6.45, 7) is 1.83. The first kappa shape index (κ1) is 14.9. The van der Waals surface area contributed by atoms with E-state index >= 15 is 0 Å². The third kappa shape index (κ3) is 2.96. The molecule has 3 rings (SSSR count). The van der Waals surface area contributed by atoms with E-state index in [4.69, 9.17) is 0 Å². The molecule has 0 fully saturated rings. The topological polar surface area (TPSA) is 75.8 Å². The van der Waals surface area contributed by atoms with Crippen molar-refractivity contribution in [1.82, 2.24) is 0 Å². The molecule has 0 aromatic heterocycles. The number of rotatable bonds is 4. The molecule has 0 N–H and O–H groups in total. The van der Waals surface area contributed by atoms with E-state index in [9.17, 15) is 14.9 Å². The van der Waals surface area contributed by atoms with Gasteiger partial charge in [-0.15, -0.1) is 0 Å². The average Bonchev–Trinajstić information content (AvgIpc) is 2.84. The number of hydrogen-bond acceptors (Lipinski definition) is 4. The van der Waals surface area contributed by atoms with Crippen LogP contribution in [0.15, 0.2) is 59.7 Å². The minimum atomic E-state index is -0.470. The van der Waals surface area contributed by atoms with Crippen molar-refractivity contribution in [2.75, 3.05) is 5.01 Å². The first-order chi connectivity index (χ1) is 11.1. The molecule has 2 aromatic carbocycles. The highest BCUT2D eigenvalue weighted by Crippen LogP contribution is 2.27. The van der Waals surface area contributed by atoms with Gasteiger partial charge in [0.15, 0.2) is 0 Å². The molecule has 0 saturated carbocycles. The molecule has 1 aliphatic rings. The van der Waals surface area contributed by atoms with Crippen LogP contribution in [-0.4, -0.2) is 16.5 Å². The Kier molecular flexibility index (Phi) is 3.89. The van der Waals surface area contributed by atoms with E-state index in [-0.39, 0.29) is 17.5 Å². The minimum Gasteiger partial charge on any atom is -0.272 e. The number of carbonyl (C=O) groups excluding carboxylic acids is 1. The summed E-state index contributed by atoms with van der Waals surface area (Å²) in [5, 5.41) is 16.4. The molecule has 0 aliphatic carbocycles. The van der Waals surface area contributed by atoms with Gasteiger partial charge in [-0.1, -0.05) is 30.3 Å². The monoisotopic (exact) mass is 309 g/mol. The summed E-state index contributed by atoms with van der Waals surface area (Å²) in [4.78, 5) is 22.8. The first-order valence-corrected chi connectivity index (χ1v) is 7.23. The van der Waals surface area contributed by atoms with E-state index in [1.54, 1.807) is 0 Å². The second-order valence-electron chi connectivity index (χ2n) is 5.41. The van der Waals surface area contributed by atoms with Crippen LogP contribution in [0.4, 0.5) is 11.4 Å². The normalized spacial score (nSPS) is 17.3. The predicted molar refractivity (Wildman–Crippen MR) is 87.3 cm³/mol. The fourth-order valence-corrected chi connectivity index (χ4v) is 2.59. The van der Waals surface area contributed by atoms with E-state index in [1.165, 1.54) is 29.3 Å². The maximum absolute atomic E-state index is 12.6. The number of amides is 1. The quantitative estimate of drug-likeness (QED) is 0.643.